The molecule has 1 saturated heterocycles. The first-order chi connectivity index (χ1) is 7.94. The third-order valence-corrected chi connectivity index (χ3v) is 2.82. The van der Waals surface area contributed by atoms with E-state index in [1.165, 1.54) is 0 Å². The molecule has 0 aromatic heterocycles. The molecule has 100 valence electrons. The van der Waals surface area contributed by atoms with Gasteiger partial charge < -0.3 is 10.2 Å². The van der Waals surface area contributed by atoms with Crippen LogP contribution in [0.3, 0.4) is 0 Å². The smallest absolute Gasteiger partial charge is 0.333 e. The molecule has 0 aliphatic carbocycles. The first-order valence-electron chi connectivity index (χ1n) is 6.00. The second kappa shape index (κ2) is 6.23. The maximum atomic E-state index is 12.3. The number of hydrogen-bond acceptors (Lipinski definition) is 2. The van der Waals surface area contributed by atoms with E-state index in [-0.39, 0.29) is 18.4 Å². The Kier molecular flexibility index (Phi) is 5.24. The van der Waals surface area contributed by atoms with Crippen molar-refractivity contribution in [2.75, 3.05) is 26.2 Å². The lowest BCUT2D eigenvalue weighted by molar-refractivity contribution is -0.164. The molecule has 1 aliphatic heterocycles. The lowest BCUT2D eigenvalue weighted by Crippen LogP contribution is -2.46. The summed E-state index contributed by atoms with van der Waals surface area (Å²) in [4.78, 5) is 12.9. The van der Waals surface area contributed by atoms with E-state index in [9.17, 15) is 18.0 Å². The summed E-state index contributed by atoms with van der Waals surface area (Å²) < 4.78 is 37.0. The van der Waals surface area contributed by atoms with Crippen LogP contribution in [0.1, 0.15) is 26.2 Å². The molecule has 3 nitrogen and oxygen atoms in total. The predicted octanol–water partition coefficient (Wildman–Crippen LogP) is 1.79. The molecule has 1 amide bonds. The van der Waals surface area contributed by atoms with Gasteiger partial charge in [0, 0.05) is 13.1 Å². The number of halogens is 3. The molecule has 0 radical (unpaired) electrons. The van der Waals surface area contributed by atoms with Crippen molar-refractivity contribution >= 4 is 5.91 Å². The average molecular weight is 252 g/mol. The number of alkyl halides is 3. The van der Waals surface area contributed by atoms with Crippen LogP contribution in [-0.4, -0.2) is 43.2 Å². The van der Waals surface area contributed by atoms with Crippen molar-refractivity contribution < 1.29 is 18.0 Å². The van der Waals surface area contributed by atoms with E-state index in [1.54, 1.807) is 6.92 Å². The molecule has 6 heteroatoms. The highest BCUT2D eigenvalue weighted by Gasteiger charge is 2.35. The summed E-state index contributed by atoms with van der Waals surface area (Å²) in [7, 11) is 0. The lowest BCUT2D eigenvalue weighted by Gasteiger charge is -2.30. The van der Waals surface area contributed by atoms with E-state index < -0.39 is 12.7 Å². The van der Waals surface area contributed by atoms with Crippen LogP contribution in [0.5, 0.6) is 0 Å². The van der Waals surface area contributed by atoms with Crippen LogP contribution in [0.15, 0.2) is 0 Å². The Bertz CT molecular complexity index is 250. The van der Waals surface area contributed by atoms with E-state index in [0.29, 0.717) is 19.4 Å². The monoisotopic (exact) mass is 252 g/mol. The summed E-state index contributed by atoms with van der Waals surface area (Å²) in [5.41, 5.74) is 0. The number of carbonyl (C=O) groups excluding carboxylic acids is 1. The minimum absolute atomic E-state index is 0.175. The zero-order valence-electron chi connectivity index (χ0n) is 10.0. The maximum absolute atomic E-state index is 12.3. The molecular formula is C11H19F3N2O. The zero-order valence-corrected chi connectivity index (χ0v) is 10.0. The molecule has 0 spiro atoms. The van der Waals surface area contributed by atoms with E-state index in [2.05, 4.69) is 5.32 Å². The molecular weight excluding hydrogens is 233 g/mol. The van der Waals surface area contributed by atoms with Crippen molar-refractivity contribution in [1.29, 1.82) is 0 Å². The second-order valence-electron chi connectivity index (χ2n) is 4.42. The Balaban J connectivity index is 2.58. The van der Waals surface area contributed by atoms with Gasteiger partial charge in [0.25, 0.3) is 0 Å². The number of rotatable bonds is 4. The molecule has 1 heterocycles. The topological polar surface area (TPSA) is 32.3 Å². The summed E-state index contributed by atoms with van der Waals surface area (Å²) in [5, 5.41) is 3.05. The zero-order chi connectivity index (χ0) is 12.9. The number of hydrogen-bond donors (Lipinski definition) is 1. The van der Waals surface area contributed by atoms with Gasteiger partial charge in [-0.1, -0.05) is 6.92 Å². The van der Waals surface area contributed by atoms with Crippen molar-refractivity contribution in [2.45, 2.75) is 32.4 Å². The van der Waals surface area contributed by atoms with Gasteiger partial charge in [-0.25, -0.2) is 0 Å². The summed E-state index contributed by atoms with van der Waals surface area (Å²) >= 11 is 0. The van der Waals surface area contributed by atoms with Crippen molar-refractivity contribution in [2.24, 2.45) is 5.92 Å². The van der Waals surface area contributed by atoms with E-state index in [4.69, 9.17) is 0 Å². The third kappa shape index (κ3) is 4.93. The Hall–Kier alpha value is -0.780. The van der Waals surface area contributed by atoms with Crippen LogP contribution in [0.4, 0.5) is 13.2 Å². The van der Waals surface area contributed by atoms with Crippen LogP contribution < -0.4 is 5.32 Å². The number of piperidine rings is 1. The Morgan fingerprint density at radius 1 is 1.47 bits per heavy atom. The number of amides is 1. The SMILES string of the molecule is CCCN(CC(F)(F)F)C(=O)[C@@H]1CCCNC1. The van der Waals surface area contributed by atoms with Gasteiger partial charge in [-0.05, 0) is 25.8 Å². The van der Waals surface area contributed by atoms with Gasteiger partial charge in [0.05, 0.1) is 5.92 Å². The average Bonchev–Trinajstić information content (AvgIpc) is 2.27. The van der Waals surface area contributed by atoms with Crippen molar-refractivity contribution in [3.8, 4) is 0 Å². The highest BCUT2D eigenvalue weighted by Crippen LogP contribution is 2.20. The van der Waals surface area contributed by atoms with Gasteiger partial charge in [-0.3, -0.25) is 4.79 Å². The minimum atomic E-state index is -4.31. The molecule has 1 N–H and O–H groups in total. The van der Waals surface area contributed by atoms with E-state index in [1.807, 2.05) is 0 Å². The van der Waals surface area contributed by atoms with Gasteiger partial charge in [-0.15, -0.1) is 0 Å². The molecule has 0 saturated carbocycles. The minimum Gasteiger partial charge on any atom is -0.333 e. The van der Waals surface area contributed by atoms with Crippen LogP contribution in [0.2, 0.25) is 0 Å². The van der Waals surface area contributed by atoms with Crippen LogP contribution >= 0.6 is 0 Å². The summed E-state index contributed by atoms with van der Waals surface area (Å²) in [6, 6.07) is 0. The molecule has 17 heavy (non-hydrogen) atoms. The molecule has 1 rings (SSSR count). The van der Waals surface area contributed by atoms with Crippen molar-refractivity contribution in [3.63, 3.8) is 0 Å². The first kappa shape index (κ1) is 14.3. The highest BCUT2D eigenvalue weighted by molar-refractivity contribution is 5.79. The predicted molar refractivity (Wildman–Crippen MR) is 58.5 cm³/mol. The third-order valence-electron chi connectivity index (χ3n) is 2.82. The summed E-state index contributed by atoms with van der Waals surface area (Å²) in [5.74, 6) is -0.658. The standard InChI is InChI=1S/C11H19F3N2O/c1-2-6-16(8-11(12,13)14)10(17)9-4-3-5-15-7-9/h9,15H,2-8H2,1H3/t9-/m1/s1. The van der Waals surface area contributed by atoms with Gasteiger partial charge in [0.2, 0.25) is 5.91 Å². The molecule has 0 aromatic carbocycles. The van der Waals surface area contributed by atoms with Gasteiger partial charge in [-0.2, -0.15) is 13.2 Å². The van der Waals surface area contributed by atoms with Crippen molar-refractivity contribution in [1.82, 2.24) is 10.2 Å². The van der Waals surface area contributed by atoms with E-state index >= 15 is 0 Å². The summed E-state index contributed by atoms with van der Waals surface area (Å²) in [6.07, 6.45) is -2.23. The van der Waals surface area contributed by atoms with E-state index in [0.717, 1.165) is 17.9 Å². The second-order valence-corrected chi connectivity index (χ2v) is 4.42. The molecule has 0 aromatic rings. The quantitative estimate of drug-likeness (QED) is 0.827. The molecule has 1 aliphatic rings. The number of nitrogens with one attached hydrogen (secondary N) is 1. The fraction of sp³-hybridized carbons (Fsp3) is 0.909. The summed E-state index contributed by atoms with van der Waals surface area (Å²) in [6.45, 7) is 2.16. The molecule has 1 atom stereocenters. The number of carbonyl (C=O) groups is 1. The fourth-order valence-electron chi connectivity index (χ4n) is 2.07. The van der Waals surface area contributed by atoms with Gasteiger partial charge >= 0.3 is 6.18 Å². The molecule has 0 unspecified atom stereocenters. The van der Waals surface area contributed by atoms with Crippen LogP contribution in [-0.2, 0) is 4.79 Å². The Morgan fingerprint density at radius 2 is 2.18 bits per heavy atom. The van der Waals surface area contributed by atoms with Gasteiger partial charge in [0.1, 0.15) is 6.54 Å². The maximum Gasteiger partial charge on any atom is 0.406 e. The highest BCUT2D eigenvalue weighted by atomic mass is 19.4. The lowest BCUT2D eigenvalue weighted by atomic mass is 9.98. The fourth-order valence-corrected chi connectivity index (χ4v) is 2.07. The largest absolute Gasteiger partial charge is 0.406 e. The normalized spacial score (nSPS) is 21.3. The Labute approximate surface area is 99.4 Å². The first-order valence-corrected chi connectivity index (χ1v) is 6.00. The molecule has 0 bridgehead atoms. The van der Waals surface area contributed by atoms with Crippen LogP contribution in [0, 0.1) is 5.92 Å². The molecule has 1 fully saturated rings. The number of nitrogens with zero attached hydrogens (tertiary/aromatic N) is 1. The van der Waals surface area contributed by atoms with Crippen LogP contribution in [0.25, 0.3) is 0 Å². The van der Waals surface area contributed by atoms with Gasteiger partial charge in [0.15, 0.2) is 0 Å². The van der Waals surface area contributed by atoms with Crippen molar-refractivity contribution in [3.05, 3.63) is 0 Å². The Morgan fingerprint density at radius 3 is 2.65 bits per heavy atom.